The highest BCUT2D eigenvalue weighted by Crippen LogP contribution is 2.33. The first-order valence-corrected chi connectivity index (χ1v) is 5.11. The molecule has 2 rings (SSSR count). The Morgan fingerprint density at radius 2 is 1.89 bits per heavy atom. The minimum Gasteiger partial charge on any atom is -0.374 e. The average Bonchev–Trinajstić information content (AvgIpc) is 2.64. The van der Waals surface area contributed by atoms with Crippen LogP contribution in [0.5, 0.6) is 0 Å². The Kier molecular flexibility index (Phi) is 4.12. The van der Waals surface area contributed by atoms with Crippen molar-refractivity contribution in [3.8, 4) is 11.4 Å². The fraction of sp³-hybridized carbons (Fsp3) is 0.111. The van der Waals surface area contributed by atoms with E-state index in [1.807, 2.05) is 0 Å². The van der Waals surface area contributed by atoms with Gasteiger partial charge in [-0.15, -0.1) is 12.4 Å². The lowest BCUT2D eigenvalue weighted by Gasteiger charge is -2.08. The Labute approximate surface area is 109 Å². The number of aromatic nitrogens is 2. The van der Waals surface area contributed by atoms with E-state index in [1.165, 1.54) is 6.07 Å². The summed E-state index contributed by atoms with van der Waals surface area (Å²) in [7, 11) is 0. The number of rotatable bonds is 1. The molecule has 2 N–H and O–H groups in total. The molecule has 1 aromatic carbocycles. The molecule has 0 saturated heterocycles. The Morgan fingerprint density at radius 1 is 1.22 bits per heavy atom. The van der Waals surface area contributed by atoms with Crippen molar-refractivity contribution in [2.45, 2.75) is 6.18 Å². The van der Waals surface area contributed by atoms with Crippen LogP contribution < -0.4 is 5.73 Å². The fourth-order valence-corrected chi connectivity index (χ4v) is 1.69. The topological polar surface area (TPSA) is 51.8 Å². The van der Waals surface area contributed by atoms with Crippen LogP contribution >= 0.6 is 23.9 Å². The lowest BCUT2D eigenvalue weighted by atomic mass is 10.1. The van der Waals surface area contributed by atoms with E-state index < -0.39 is 17.6 Å². The van der Waals surface area contributed by atoms with Crippen molar-refractivity contribution in [3.63, 3.8) is 0 Å². The standard InChI is InChI=1S/C9H5F4N3S.ClH/c10-6-2-1-4(3-5(6)9(11,12)13)7-15-8(14)17-16-7;/h1-3H,(H2,14,15,16);1H. The summed E-state index contributed by atoms with van der Waals surface area (Å²) in [5.41, 5.74) is 4.05. The van der Waals surface area contributed by atoms with E-state index in [1.54, 1.807) is 0 Å². The third-order valence-corrected chi connectivity index (χ3v) is 2.51. The van der Waals surface area contributed by atoms with Crippen LogP contribution in [0.2, 0.25) is 0 Å². The minimum absolute atomic E-state index is 0. The maximum Gasteiger partial charge on any atom is 0.419 e. The van der Waals surface area contributed by atoms with E-state index in [9.17, 15) is 17.6 Å². The smallest absolute Gasteiger partial charge is 0.374 e. The van der Waals surface area contributed by atoms with E-state index in [4.69, 9.17) is 5.73 Å². The second-order valence-corrected chi connectivity index (χ2v) is 3.93. The molecule has 0 atom stereocenters. The molecule has 0 amide bonds. The predicted octanol–water partition coefficient (Wildman–Crippen LogP) is 3.37. The molecule has 0 bridgehead atoms. The summed E-state index contributed by atoms with van der Waals surface area (Å²) in [5, 5.41) is 0.137. The van der Waals surface area contributed by atoms with Crippen LogP contribution in [0.15, 0.2) is 18.2 Å². The molecule has 0 radical (unpaired) electrons. The number of benzene rings is 1. The number of alkyl halides is 3. The first-order valence-electron chi connectivity index (χ1n) is 4.34. The van der Waals surface area contributed by atoms with Crippen LogP contribution in [0.1, 0.15) is 5.56 Å². The largest absolute Gasteiger partial charge is 0.419 e. The number of nitrogens with zero attached hydrogens (tertiary/aromatic N) is 2. The lowest BCUT2D eigenvalue weighted by molar-refractivity contribution is -0.139. The van der Waals surface area contributed by atoms with Gasteiger partial charge in [0.15, 0.2) is 11.0 Å². The van der Waals surface area contributed by atoms with Gasteiger partial charge in [0.25, 0.3) is 0 Å². The third-order valence-electron chi connectivity index (χ3n) is 1.97. The number of halogens is 5. The average molecular weight is 300 g/mol. The van der Waals surface area contributed by atoms with Crippen LogP contribution in [-0.4, -0.2) is 9.36 Å². The zero-order chi connectivity index (χ0) is 12.6. The molecule has 2 aromatic rings. The monoisotopic (exact) mass is 299 g/mol. The number of hydrogen-bond donors (Lipinski definition) is 1. The molecule has 98 valence electrons. The molecule has 1 heterocycles. The molecule has 18 heavy (non-hydrogen) atoms. The molecular weight excluding hydrogens is 294 g/mol. The van der Waals surface area contributed by atoms with Gasteiger partial charge in [0.05, 0.1) is 5.56 Å². The molecule has 0 aliphatic heterocycles. The predicted molar refractivity (Wildman–Crippen MR) is 62.0 cm³/mol. The molecule has 0 spiro atoms. The molecule has 9 heteroatoms. The van der Waals surface area contributed by atoms with Crippen molar-refractivity contribution < 1.29 is 17.6 Å². The summed E-state index contributed by atoms with van der Waals surface area (Å²) in [6.07, 6.45) is -4.75. The van der Waals surface area contributed by atoms with Crippen molar-refractivity contribution in [2.24, 2.45) is 0 Å². The van der Waals surface area contributed by atoms with Gasteiger partial charge in [0, 0.05) is 17.1 Å². The highest BCUT2D eigenvalue weighted by Gasteiger charge is 2.34. The van der Waals surface area contributed by atoms with E-state index in [0.717, 1.165) is 17.6 Å². The Morgan fingerprint density at radius 3 is 2.39 bits per heavy atom. The van der Waals surface area contributed by atoms with Crippen molar-refractivity contribution in [2.75, 3.05) is 5.73 Å². The van der Waals surface area contributed by atoms with E-state index >= 15 is 0 Å². The first-order chi connectivity index (χ1) is 7.88. The van der Waals surface area contributed by atoms with Crippen molar-refractivity contribution in [1.82, 2.24) is 9.36 Å². The van der Waals surface area contributed by atoms with Gasteiger partial charge in [0.1, 0.15) is 5.82 Å². The van der Waals surface area contributed by atoms with Crippen molar-refractivity contribution in [3.05, 3.63) is 29.6 Å². The van der Waals surface area contributed by atoms with Gasteiger partial charge in [-0.2, -0.15) is 22.5 Å². The van der Waals surface area contributed by atoms with Crippen LogP contribution in [-0.2, 0) is 6.18 Å². The summed E-state index contributed by atoms with van der Waals surface area (Å²) in [6, 6.07) is 2.57. The van der Waals surface area contributed by atoms with Crippen LogP contribution in [0.25, 0.3) is 11.4 Å². The second-order valence-electron chi connectivity index (χ2n) is 3.15. The Hall–Kier alpha value is -1.41. The summed E-state index contributed by atoms with van der Waals surface area (Å²) in [5.74, 6) is -1.28. The zero-order valence-corrected chi connectivity index (χ0v) is 10.2. The molecule has 3 nitrogen and oxygen atoms in total. The zero-order valence-electron chi connectivity index (χ0n) is 8.53. The normalized spacial score (nSPS) is 11.1. The molecule has 1 aromatic heterocycles. The summed E-state index contributed by atoms with van der Waals surface area (Å²) < 4.78 is 54.1. The lowest BCUT2D eigenvalue weighted by Crippen LogP contribution is -2.08. The molecule has 0 unspecified atom stereocenters. The maximum atomic E-state index is 13.0. The van der Waals surface area contributed by atoms with Gasteiger partial charge < -0.3 is 5.73 Å². The van der Waals surface area contributed by atoms with Gasteiger partial charge in [0.2, 0.25) is 0 Å². The van der Waals surface area contributed by atoms with Gasteiger partial charge in [-0.25, -0.2) is 4.39 Å². The quantitative estimate of drug-likeness (QED) is 0.821. The Bertz CT molecular complexity index is 555. The highest BCUT2D eigenvalue weighted by atomic mass is 35.5. The molecule has 0 fully saturated rings. The number of hydrogen-bond acceptors (Lipinski definition) is 4. The van der Waals surface area contributed by atoms with E-state index in [2.05, 4.69) is 9.36 Å². The molecule has 0 aliphatic rings. The van der Waals surface area contributed by atoms with E-state index in [-0.39, 0.29) is 28.9 Å². The highest BCUT2D eigenvalue weighted by molar-refractivity contribution is 7.09. The summed E-state index contributed by atoms with van der Waals surface area (Å²) >= 11 is 0.858. The van der Waals surface area contributed by atoms with Crippen LogP contribution in [0.4, 0.5) is 22.7 Å². The Balaban J connectivity index is 0.00000162. The van der Waals surface area contributed by atoms with Crippen LogP contribution in [0, 0.1) is 5.82 Å². The number of anilines is 1. The van der Waals surface area contributed by atoms with E-state index in [0.29, 0.717) is 6.07 Å². The SMILES string of the molecule is Cl.Nc1nc(-c2ccc(F)c(C(F)(F)F)c2)ns1. The first kappa shape index (κ1) is 14.7. The molecular formula is C9H6ClF4N3S. The fourth-order valence-electron chi connectivity index (χ4n) is 1.23. The second kappa shape index (κ2) is 5.07. The maximum absolute atomic E-state index is 13.0. The van der Waals surface area contributed by atoms with Crippen molar-refractivity contribution >= 4 is 29.1 Å². The summed E-state index contributed by atoms with van der Waals surface area (Å²) in [4.78, 5) is 3.73. The number of nitrogen functional groups attached to an aromatic ring is 1. The number of nitrogens with two attached hydrogens (primary N) is 1. The third kappa shape index (κ3) is 2.88. The van der Waals surface area contributed by atoms with Gasteiger partial charge in [-0.3, -0.25) is 0 Å². The van der Waals surface area contributed by atoms with Gasteiger partial charge in [-0.1, -0.05) is 0 Å². The van der Waals surface area contributed by atoms with Gasteiger partial charge >= 0.3 is 6.18 Å². The van der Waals surface area contributed by atoms with Gasteiger partial charge in [-0.05, 0) is 18.2 Å². The minimum atomic E-state index is -4.75. The van der Waals surface area contributed by atoms with Crippen molar-refractivity contribution in [1.29, 1.82) is 0 Å². The molecule has 0 saturated carbocycles. The molecule has 0 aliphatic carbocycles. The van der Waals surface area contributed by atoms with Crippen LogP contribution in [0.3, 0.4) is 0 Å². The summed E-state index contributed by atoms with van der Waals surface area (Å²) in [6.45, 7) is 0.